The molecule has 2 rings (SSSR count). The molecule has 0 aromatic carbocycles. The Hall–Kier alpha value is -1.07. The van der Waals surface area contributed by atoms with Gasteiger partial charge in [0.15, 0.2) is 0 Å². The molecule has 5 heteroatoms. The minimum atomic E-state index is 0.753. The third-order valence-corrected chi connectivity index (χ3v) is 2.88. The van der Waals surface area contributed by atoms with E-state index in [0.29, 0.717) is 0 Å². The summed E-state index contributed by atoms with van der Waals surface area (Å²) in [4.78, 5) is 4.45. The van der Waals surface area contributed by atoms with E-state index in [2.05, 4.69) is 30.6 Å². The number of anilines is 1. The number of likely N-dealkylation sites (N-methyl/N-ethyl adjacent to an activating group) is 1. The number of nitrogens with zero attached hydrogens (tertiary/aromatic N) is 2. The predicted molar refractivity (Wildman–Crippen MR) is 64.9 cm³/mol. The monoisotopic (exact) mass is 268 g/mol. The molecule has 3 N–H and O–H groups in total. The van der Waals surface area contributed by atoms with E-state index in [4.69, 9.17) is 5.73 Å². The summed E-state index contributed by atoms with van der Waals surface area (Å²) in [5.41, 5.74) is 7.50. The Morgan fingerprint density at radius 3 is 3.13 bits per heavy atom. The normalized spacial score (nSPS) is 11.1. The highest BCUT2D eigenvalue weighted by atomic mass is 79.9. The third-order valence-electron chi connectivity index (χ3n) is 2.29. The second kappa shape index (κ2) is 4.20. The van der Waals surface area contributed by atoms with Crippen molar-refractivity contribution in [2.45, 2.75) is 6.42 Å². The molecule has 2 aromatic rings. The van der Waals surface area contributed by atoms with Gasteiger partial charge in [-0.3, -0.25) is 0 Å². The maximum absolute atomic E-state index is 5.73. The van der Waals surface area contributed by atoms with Crippen LogP contribution in [0.1, 0.15) is 5.82 Å². The van der Waals surface area contributed by atoms with Crippen molar-refractivity contribution in [1.29, 1.82) is 0 Å². The SMILES string of the molecule is CNCCc1nc(Br)c2cc(N)ccn12. The quantitative estimate of drug-likeness (QED) is 0.886. The number of halogens is 1. The van der Waals surface area contributed by atoms with Crippen molar-refractivity contribution in [3.63, 3.8) is 0 Å². The van der Waals surface area contributed by atoms with Gasteiger partial charge in [0, 0.05) is 24.8 Å². The van der Waals surface area contributed by atoms with Gasteiger partial charge in [-0.25, -0.2) is 4.98 Å². The third kappa shape index (κ3) is 1.98. The first kappa shape index (κ1) is 10.4. The number of imidazole rings is 1. The number of hydrogen-bond acceptors (Lipinski definition) is 3. The van der Waals surface area contributed by atoms with Crippen molar-refractivity contribution in [3.05, 3.63) is 28.8 Å². The van der Waals surface area contributed by atoms with Gasteiger partial charge in [-0.2, -0.15) is 0 Å². The zero-order chi connectivity index (χ0) is 10.8. The van der Waals surface area contributed by atoms with Crippen LogP contribution in [0.25, 0.3) is 5.52 Å². The van der Waals surface area contributed by atoms with Crippen LogP contribution in [-0.4, -0.2) is 23.0 Å². The number of fused-ring (bicyclic) bond motifs is 1. The van der Waals surface area contributed by atoms with E-state index in [1.54, 1.807) is 0 Å². The van der Waals surface area contributed by atoms with Crippen molar-refractivity contribution < 1.29 is 0 Å². The number of nitrogens with one attached hydrogen (secondary N) is 1. The standard InChI is InChI=1S/C10H13BrN4/c1-13-4-2-9-14-10(11)8-6-7(12)3-5-15(8)9/h3,5-6,13H,2,4,12H2,1H3. The smallest absolute Gasteiger partial charge is 0.132 e. The molecule has 0 unspecified atom stereocenters. The first-order valence-electron chi connectivity index (χ1n) is 4.79. The molecule has 0 bridgehead atoms. The topological polar surface area (TPSA) is 55.3 Å². The number of hydrogen-bond donors (Lipinski definition) is 2. The summed E-state index contributed by atoms with van der Waals surface area (Å²) in [6.07, 6.45) is 2.85. The number of nitrogens with two attached hydrogens (primary N) is 1. The van der Waals surface area contributed by atoms with Gasteiger partial charge in [0.1, 0.15) is 10.4 Å². The van der Waals surface area contributed by atoms with Crippen LogP contribution in [0.2, 0.25) is 0 Å². The van der Waals surface area contributed by atoms with Crippen LogP contribution >= 0.6 is 15.9 Å². The predicted octanol–water partition coefficient (Wildman–Crippen LogP) is 1.44. The zero-order valence-corrected chi connectivity index (χ0v) is 10.1. The van der Waals surface area contributed by atoms with Gasteiger partial charge in [-0.05, 0) is 35.1 Å². The van der Waals surface area contributed by atoms with E-state index in [-0.39, 0.29) is 0 Å². The molecule has 0 aliphatic carbocycles. The molecule has 0 radical (unpaired) electrons. The fraction of sp³-hybridized carbons (Fsp3) is 0.300. The van der Waals surface area contributed by atoms with E-state index in [9.17, 15) is 0 Å². The lowest BCUT2D eigenvalue weighted by Crippen LogP contribution is -2.12. The summed E-state index contributed by atoms with van der Waals surface area (Å²) < 4.78 is 2.90. The molecule has 0 saturated heterocycles. The molecular weight excluding hydrogens is 256 g/mol. The van der Waals surface area contributed by atoms with Crippen LogP contribution < -0.4 is 11.1 Å². The van der Waals surface area contributed by atoms with Gasteiger partial charge < -0.3 is 15.5 Å². The summed E-state index contributed by atoms with van der Waals surface area (Å²) in [5.74, 6) is 1.03. The van der Waals surface area contributed by atoms with E-state index in [1.165, 1.54) is 0 Å². The Morgan fingerprint density at radius 1 is 1.60 bits per heavy atom. The fourth-order valence-electron chi connectivity index (χ4n) is 1.54. The molecule has 4 nitrogen and oxygen atoms in total. The fourth-order valence-corrected chi connectivity index (χ4v) is 2.05. The number of pyridine rings is 1. The average Bonchev–Trinajstić information content (AvgIpc) is 2.53. The maximum Gasteiger partial charge on any atom is 0.132 e. The molecule has 0 saturated carbocycles. The molecule has 80 valence electrons. The molecule has 0 spiro atoms. The van der Waals surface area contributed by atoms with Crippen molar-refractivity contribution in [1.82, 2.24) is 14.7 Å². The van der Waals surface area contributed by atoms with Gasteiger partial charge in [0.05, 0.1) is 5.52 Å². The molecule has 2 heterocycles. The Kier molecular flexibility index (Phi) is 2.93. The molecule has 0 amide bonds. The highest BCUT2D eigenvalue weighted by molar-refractivity contribution is 9.10. The second-order valence-electron chi connectivity index (χ2n) is 3.39. The van der Waals surface area contributed by atoms with E-state index >= 15 is 0 Å². The first-order chi connectivity index (χ1) is 7.22. The molecule has 0 atom stereocenters. The Bertz CT molecular complexity index is 477. The molecule has 15 heavy (non-hydrogen) atoms. The van der Waals surface area contributed by atoms with Gasteiger partial charge in [-0.15, -0.1) is 0 Å². The lowest BCUT2D eigenvalue weighted by Gasteiger charge is -2.01. The van der Waals surface area contributed by atoms with Crippen molar-refractivity contribution in [2.24, 2.45) is 0 Å². The molecular formula is C10H13BrN4. The Labute approximate surface area is 96.6 Å². The number of nitrogen functional groups attached to an aromatic ring is 1. The summed E-state index contributed by atoms with van der Waals surface area (Å²) in [5, 5.41) is 3.11. The van der Waals surface area contributed by atoms with Crippen LogP contribution in [0, 0.1) is 0 Å². The maximum atomic E-state index is 5.73. The number of rotatable bonds is 3. The molecule has 0 aliphatic heterocycles. The summed E-state index contributed by atoms with van der Waals surface area (Å²) in [6, 6.07) is 3.80. The summed E-state index contributed by atoms with van der Waals surface area (Å²) in [7, 11) is 1.93. The first-order valence-corrected chi connectivity index (χ1v) is 5.58. The second-order valence-corrected chi connectivity index (χ2v) is 4.14. The number of aromatic nitrogens is 2. The molecule has 0 fully saturated rings. The van der Waals surface area contributed by atoms with Crippen LogP contribution in [0.5, 0.6) is 0 Å². The Balaban J connectivity index is 2.48. The lowest BCUT2D eigenvalue weighted by molar-refractivity contribution is 0.752. The Morgan fingerprint density at radius 2 is 2.40 bits per heavy atom. The van der Waals surface area contributed by atoms with Gasteiger partial charge in [-0.1, -0.05) is 0 Å². The van der Waals surface area contributed by atoms with Crippen molar-refractivity contribution in [2.75, 3.05) is 19.3 Å². The van der Waals surface area contributed by atoms with Crippen LogP contribution in [0.15, 0.2) is 22.9 Å². The van der Waals surface area contributed by atoms with Crippen molar-refractivity contribution >= 4 is 27.1 Å². The average molecular weight is 269 g/mol. The zero-order valence-electron chi connectivity index (χ0n) is 8.50. The minimum absolute atomic E-state index is 0.753. The van der Waals surface area contributed by atoms with Gasteiger partial charge in [0.2, 0.25) is 0 Å². The van der Waals surface area contributed by atoms with E-state index in [1.807, 2.05) is 25.4 Å². The largest absolute Gasteiger partial charge is 0.399 e. The summed E-state index contributed by atoms with van der Waals surface area (Å²) in [6.45, 7) is 0.913. The van der Waals surface area contributed by atoms with Crippen molar-refractivity contribution in [3.8, 4) is 0 Å². The summed E-state index contributed by atoms with van der Waals surface area (Å²) >= 11 is 3.44. The van der Waals surface area contributed by atoms with Crippen LogP contribution in [0.3, 0.4) is 0 Å². The van der Waals surface area contributed by atoms with Crippen LogP contribution in [0.4, 0.5) is 5.69 Å². The lowest BCUT2D eigenvalue weighted by atomic mass is 10.3. The van der Waals surface area contributed by atoms with Crippen LogP contribution in [-0.2, 0) is 6.42 Å². The highest BCUT2D eigenvalue weighted by Gasteiger charge is 2.08. The minimum Gasteiger partial charge on any atom is -0.399 e. The molecule has 2 aromatic heterocycles. The van der Waals surface area contributed by atoms with Gasteiger partial charge >= 0.3 is 0 Å². The highest BCUT2D eigenvalue weighted by Crippen LogP contribution is 2.21. The van der Waals surface area contributed by atoms with Gasteiger partial charge in [0.25, 0.3) is 0 Å². The van der Waals surface area contributed by atoms with E-state index < -0.39 is 0 Å². The molecule has 0 aliphatic rings. The van der Waals surface area contributed by atoms with E-state index in [0.717, 1.165) is 34.6 Å².